The van der Waals surface area contributed by atoms with Crippen molar-refractivity contribution in [1.29, 1.82) is 0 Å². The quantitative estimate of drug-likeness (QED) is 0.592. The third-order valence-corrected chi connectivity index (χ3v) is 5.53. The molecule has 1 fully saturated rings. The molecule has 154 valence electrons. The van der Waals surface area contributed by atoms with Crippen LogP contribution in [0.4, 0.5) is 20.4 Å². The lowest BCUT2D eigenvalue weighted by Gasteiger charge is -2.29. The molecule has 1 aromatic heterocycles. The number of halogens is 2. The second kappa shape index (κ2) is 7.50. The van der Waals surface area contributed by atoms with E-state index >= 15 is 0 Å². The number of hydrogen-bond acceptors (Lipinski definition) is 3. The summed E-state index contributed by atoms with van der Waals surface area (Å²) in [6, 6.07) is 8.46. The molecule has 1 aliphatic rings. The van der Waals surface area contributed by atoms with Crippen molar-refractivity contribution in [2.24, 2.45) is 0 Å². The van der Waals surface area contributed by atoms with Gasteiger partial charge in [0, 0.05) is 11.6 Å². The number of aliphatic hydroxyl groups is 1. The lowest BCUT2D eigenvalue weighted by atomic mass is 9.91. The highest BCUT2D eigenvalue weighted by atomic mass is 19.1. The van der Waals surface area contributed by atoms with Crippen molar-refractivity contribution in [2.75, 3.05) is 5.32 Å². The van der Waals surface area contributed by atoms with Crippen molar-refractivity contribution < 1.29 is 18.7 Å². The molecule has 0 bridgehead atoms. The second-order valence-corrected chi connectivity index (χ2v) is 7.77. The van der Waals surface area contributed by atoms with Crippen molar-refractivity contribution in [3.8, 4) is 0 Å². The number of amides is 1. The van der Waals surface area contributed by atoms with Gasteiger partial charge < -0.3 is 9.67 Å². The molecule has 0 saturated heterocycles. The van der Waals surface area contributed by atoms with Crippen molar-refractivity contribution in [3.05, 3.63) is 65.0 Å². The largest absolute Gasteiger partial charge is 0.385 e. The van der Waals surface area contributed by atoms with Crippen molar-refractivity contribution in [3.63, 3.8) is 0 Å². The van der Waals surface area contributed by atoms with Crippen molar-refractivity contribution in [1.82, 2.24) is 9.55 Å². The lowest BCUT2D eigenvalue weighted by molar-refractivity contribution is -0.120. The molecule has 1 amide bonds. The molecule has 30 heavy (non-hydrogen) atoms. The minimum atomic E-state index is -1.72. The molecule has 8 heteroatoms. The van der Waals surface area contributed by atoms with Gasteiger partial charge in [-0.2, -0.15) is 0 Å². The Balaban J connectivity index is 1.65. The molecule has 4 rings (SSSR count). The minimum Gasteiger partial charge on any atom is -0.385 e. The minimum absolute atomic E-state index is 0.0245. The maximum Gasteiger partial charge on any atom is 0.229 e. The van der Waals surface area contributed by atoms with Gasteiger partial charge >= 0.3 is 0 Å². The van der Waals surface area contributed by atoms with Crippen molar-refractivity contribution >= 4 is 28.6 Å². The van der Waals surface area contributed by atoms with Crippen LogP contribution in [0, 0.1) is 18.2 Å². The zero-order chi connectivity index (χ0) is 21.5. The van der Waals surface area contributed by atoms with Gasteiger partial charge in [0.1, 0.15) is 11.6 Å². The maximum absolute atomic E-state index is 14.1. The third-order valence-electron chi connectivity index (χ3n) is 5.53. The van der Waals surface area contributed by atoms with E-state index in [1.54, 1.807) is 6.07 Å². The molecular formula is C22H20F2N4O2. The molecule has 1 aliphatic carbocycles. The Labute approximate surface area is 172 Å². The summed E-state index contributed by atoms with van der Waals surface area (Å²) in [5, 5.41) is 13.4. The summed E-state index contributed by atoms with van der Waals surface area (Å²) in [6.45, 7) is 8.51. The van der Waals surface area contributed by atoms with E-state index in [-0.39, 0.29) is 29.7 Å². The number of carbonyl (C=O) groups excluding carboxylic acids is 1. The molecule has 2 aromatic carbocycles. The molecule has 1 heterocycles. The van der Waals surface area contributed by atoms with Gasteiger partial charge in [0.25, 0.3) is 0 Å². The zero-order valence-corrected chi connectivity index (χ0v) is 16.3. The van der Waals surface area contributed by atoms with Gasteiger partial charge in [-0.1, -0.05) is 18.2 Å². The zero-order valence-electron chi connectivity index (χ0n) is 16.3. The van der Waals surface area contributed by atoms with E-state index in [2.05, 4.69) is 15.1 Å². The lowest BCUT2D eigenvalue weighted by Crippen LogP contribution is -2.30. The van der Waals surface area contributed by atoms with Crippen LogP contribution in [0.3, 0.4) is 0 Å². The average molecular weight is 410 g/mol. The number of fused-ring (bicyclic) bond motifs is 1. The molecule has 0 spiro atoms. The number of hydrogen-bond donors (Lipinski definition) is 2. The molecule has 0 radical (unpaired) electrons. The predicted octanol–water partition coefficient (Wildman–Crippen LogP) is 4.83. The van der Waals surface area contributed by atoms with Gasteiger partial charge in [-0.15, -0.1) is 0 Å². The SMILES string of the molecule is [C-]#[N+]c1cc2c(cc1F)nc(NC(=O)C[C@@](C)(O)c1ccccc1F)n2C1CCC1. The van der Waals surface area contributed by atoms with Gasteiger partial charge in [0.2, 0.25) is 17.5 Å². The number of imidazole rings is 1. The number of rotatable bonds is 5. The number of nitrogens with zero attached hydrogens (tertiary/aromatic N) is 3. The number of aromatic nitrogens is 2. The van der Waals surface area contributed by atoms with Gasteiger partial charge in [0.05, 0.1) is 29.6 Å². The molecule has 1 atom stereocenters. The van der Waals surface area contributed by atoms with E-state index in [1.165, 1.54) is 37.3 Å². The van der Waals surface area contributed by atoms with Crippen LogP contribution in [0.1, 0.15) is 44.2 Å². The van der Waals surface area contributed by atoms with Gasteiger partial charge in [-0.25, -0.2) is 18.6 Å². The highest BCUT2D eigenvalue weighted by Crippen LogP contribution is 2.39. The Hall–Kier alpha value is -3.31. The number of nitrogens with one attached hydrogen (secondary N) is 1. The van der Waals surface area contributed by atoms with Crippen LogP contribution in [0.15, 0.2) is 36.4 Å². The van der Waals surface area contributed by atoms with E-state index in [1.807, 2.05) is 4.57 Å². The molecule has 6 nitrogen and oxygen atoms in total. The summed E-state index contributed by atoms with van der Waals surface area (Å²) in [4.78, 5) is 20.2. The first-order valence-corrected chi connectivity index (χ1v) is 9.66. The van der Waals surface area contributed by atoms with Crippen LogP contribution in [0.2, 0.25) is 0 Å². The highest BCUT2D eigenvalue weighted by molar-refractivity contribution is 5.93. The summed E-state index contributed by atoms with van der Waals surface area (Å²) in [5.74, 6) is -1.59. The standard InChI is InChI=1S/C22H20F2N4O2/c1-22(30,14-8-3-4-9-15(14)23)12-20(29)27-21-26-18-10-16(24)17(25-2)11-19(18)28(21)13-6-5-7-13/h3-4,8-11,13,30H,5-7,12H2,1H3,(H,26,27,29)/t22-/m1/s1. The van der Waals surface area contributed by atoms with Crippen LogP contribution in [-0.4, -0.2) is 20.6 Å². The predicted molar refractivity (Wildman–Crippen MR) is 108 cm³/mol. The first-order chi connectivity index (χ1) is 14.3. The Morgan fingerprint density at radius 3 is 2.70 bits per heavy atom. The van der Waals surface area contributed by atoms with E-state index in [9.17, 15) is 18.7 Å². The Kier molecular flexibility index (Phi) is 5.00. The molecule has 3 aromatic rings. The van der Waals surface area contributed by atoms with Gasteiger partial charge in [-0.05, 0) is 44.4 Å². The normalized spacial score (nSPS) is 16.0. The number of benzene rings is 2. The van der Waals surface area contributed by atoms with E-state index in [0.717, 1.165) is 19.3 Å². The smallest absolute Gasteiger partial charge is 0.229 e. The average Bonchev–Trinajstić information content (AvgIpc) is 2.95. The fourth-order valence-electron chi connectivity index (χ4n) is 3.77. The first-order valence-electron chi connectivity index (χ1n) is 9.66. The summed E-state index contributed by atoms with van der Waals surface area (Å²) in [5.41, 5.74) is -0.891. The fraction of sp³-hybridized carbons (Fsp3) is 0.318. The van der Waals surface area contributed by atoms with Gasteiger partial charge in [0.15, 0.2) is 0 Å². The fourth-order valence-corrected chi connectivity index (χ4v) is 3.77. The van der Waals surface area contributed by atoms with E-state index in [4.69, 9.17) is 6.57 Å². The Bertz CT molecular complexity index is 1180. The van der Waals surface area contributed by atoms with Crippen LogP contribution in [0.25, 0.3) is 15.9 Å². The summed E-state index contributed by atoms with van der Waals surface area (Å²) in [7, 11) is 0. The van der Waals surface area contributed by atoms with Gasteiger partial charge in [-0.3, -0.25) is 10.1 Å². The Morgan fingerprint density at radius 2 is 2.07 bits per heavy atom. The van der Waals surface area contributed by atoms with Crippen LogP contribution in [0.5, 0.6) is 0 Å². The summed E-state index contributed by atoms with van der Waals surface area (Å²) in [6.07, 6.45) is 2.40. The second-order valence-electron chi connectivity index (χ2n) is 7.77. The molecule has 0 aliphatic heterocycles. The Morgan fingerprint density at radius 1 is 1.33 bits per heavy atom. The summed E-state index contributed by atoms with van der Waals surface area (Å²) < 4.78 is 29.9. The van der Waals surface area contributed by atoms with Crippen LogP contribution >= 0.6 is 0 Å². The summed E-state index contributed by atoms with van der Waals surface area (Å²) >= 11 is 0. The topological polar surface area (TPSA) is 71.5 Å². The van der Waals surface area contributed by atoms with Crippen LogP contribution in [-0.2, 0) is 10.4 Å². The number of anilines is 1. The maximum atomic E-state index is 14.1. The van der Waals surface area contributed by atoms with E-state index in [0.29, 0.717) is 11.0 Å². The molecule has 1 saturated carbocycles. The molecular weight excluding hydrogens is 390 g/mol. The third kappa shape index (κ3) is 3.53. The number of carbonyl (C=O) groups is 1. The van der Waals surface area contributed by atoms with E-state index < -0.39 is 23.1 Å². The molecule has 2 N–H and O–H groups in total. The molecule has 0 unspecified atom stereocenters. The monoisotopic (exact) mass is 410 g/mol. The first kappa shape index (κ1) is 20.0. The highest BCUT2D eigenvalue weighted by Gasteiger charge is 2.31. The van der Waals surface area contributed by atoms with Crippen LogP contribution < -0.4 is 5.32 Å². The van der Waals surface area contributed by atoms with Crippen molar-refractivity contribution in [2.45, 2.75) is 44.2 Å².